The van der Waals surface area contributed by atoms with Crippen molar-refractivity contribution in [1.82, 2.24) is 4.98 Å². The molecule has 4 aromatic rings. The number of methoxy groups -OCH3 is 1. The molecule has 0 bridgehead atoms. The molecule has 1 atom stereocenters. The minimum atomic E-state index is -1.59. The van der Waals surface area contributed by atoms with Crippen LogP contribution in [0.15, 0.2) is 76.8 Å². The van der Waals surface area contributed by atoms with Crippen LogP contribution in [0.25, 0.3) is 10.1 Å². The lowest BCUT2D eigenvalue weighted by Gasteiger charge is -2.12. The predicted octanol–water partition coefficient (Wildman–Crippen LogP) is 5.23. The third-order valence-corrected chi connectivity index (χ3v) is 7.39. The first kappa shape index (κ1) is 22.1. The smallest absolute Gasteiger partial charge is 0.353 e. The SMILES string of the molecule is CCOC(=O)c1sc2cc(COc3cccnc3)ccc2c1[S+]([O-])c1cccc(OC)c1. The van der Waals surface area contributed by atoms with Crippen LogP contribution in [0.5, 0.6) is 11.5 Å². The third-order valence-electron chi connectivity index (χ3n) is 4.65. The summed E-state index contributed by atoms with van der Waals surface area (Å²) in [6, 6.07) is 16.4. The molecule has 0 saturated carbocycles. The summed E-state index contributed by atoms with van der Waals surface area (Å²) in [7, 11) is 1.56. The van der Waals surface area contributed by atoms with Crippen LogP contribution >= 0.6 is 11.3 Å². The highest BCUT2D eigenvalue weighted by molar-refractivity contribution is 7.92. The predicted molar refractivity (Wildman–Crippen MR) is 124 cm³/mol. The Kier molecular flexibility index (Phi) is 6.94. The van der Waals surface area contributed by atoms with Gasteiger partial charge in [0.05, 0.1) is 19.9 Å². The van der Waals surface area contributed by atoms with Crippen LogP contribution in [-0.2, 0) is 22.5 Å². The fourth-order valence-electron chi connectivity index (χ4n) is 3.16. The van der Waals surface area contributed by atoms with Crippen LogP contribution in [-0.4, -0.2) is 29.2 Å². The molecule has 0 amide bonds. The zero-order valence-corrected chi connectivity index (χ0v) is 19.2. The Bertz CT molecular complexity index is 1230. The van der Waals surface area contributed by atoms with Crippen LogP contribution in [0.3, 0.4) is 0 Å². The van der Waals surface area contributed by atoms with Gasteiger partial charge in [-0.3, -0.25) is 4.98 Å². The summed E-state index contributed by atoms with van der Waals surface area (Å²) in [6.07, 6.45) is 3.34. The molecule has 6 nitrogen and oxygen atoms in total. The molecule has 0 spiro atoms. The van der Waals surface area contributed by atoms with E-state index in [4.69, 9.17) is 14.2 Å². The molecule has 4 rings (SSSR count). The molecule has 2 aromatic heterocycles. The van der Waals surface area contributed by atoms with E-state index in [1.807, 2.05) is 30.3 Å². The van der Waals surface area contributed by atoms with E-state index in [1.54, 1.807) is 50.7 Å². The lowest BCUT2D eigenvalue weighted by molar-refractivity contribution is 0.0528. The van der Waals surface area contributed by atoms with Gasteiger partial charge in [0.2, 0.25) is 0 Å². The number of rotatable bonds is 8. The van der Waals surface area contributed by atoms with Gasteiger partial charge in [0.1, 0.15) is 18.1 Å². The van der Waals surface area contributed by atoms with E-state index in [1.165, 1.54) is 11.3 Å². The average Bonchev–Trinajstić information content (AvgIpc) is 3.22. The average molecular weight is 468 g/mol. The van der Waals surface area contributed by atoms with Gasteiger partial charge in [-0.15, -0.1) is 11.3 Å². The number of benzene rings is 2. The van der Waals surface area contributed by atoms with Gasteiger partial charge in [-0.05, 0) is 48.9 Å². The van der Waals surface area contributed by atoms with Crippen molar-refractivity contribution in [3.05, 3.63) is 77.4 Å². The molecule has 0 saturated heterocycles. The number of hydrogen-bond donors (Lipinski definition) is 0. The molecule has 2 aromatic carbocycles. The van der Waals surface area contributed by atoms with Crippen LogP contribution in [0, 0.1) is 0 Å². The maximum Gasteiger partial charge on any atom is 0.353 e. The first-order valence-electron chi connectivity index (χ1n) is 9.92. The molecular formula is C24H21NO5S2. The number of aromatic nitrogens is 1. The number of ether oxygens (including phenoxy) is 3. The van der Waals surface area contributed by atoms with E-state index >= 15 is 0 Å². The molecule has 0 aliphatic carbocycles. The van der Waals surface area contributed by atoms with Crippen molar-refractivity contribution in [1.29, 1.82) is 0 Å². The van der Waals surface area contributed by atoms with Crippen molar-refractivity contribution in [3.63, 3.8) is 0 Å². The molecule has 164 valence electrons. The second-order valence-electron chi connectivity index (χ2n) is 6.74. The monoisotopic (exact) mass is 467 g/mol. The minimum Gasteiger partial charge on any atom is -0.606 e. The molecular weight excluding hydrogens is 446 g/mol. The number of nitrogens with zero attached hydrogens (tertiary/aromatic N) is 1. The fraction of sp³-hybridized carbons (Fsp3) is 0.167. The first-order valence-corrected chi connectivity index (χ1v) is 11.9. The van der Waals surface area contributed by atoms with E-state index < -0.39 is 17.1 Å². The van der Waals surface area contributed by atoms with Crippen LogP contribution in [0.1, 0.15) is 22.2 Å². The molecule has 32 heavy (non-hydrogen) atoms. The van der Waals surface area contributed by atoms with Gasteiger partial charge in [0, 0.05) is 33.5 Å². The number of pyridine rings is 1. The van der Waals surface area contributed by atoms with Gasteiger partial charge < -0.3 is 18.8 Å². The van der Waals surface area contributed by atoms with Crippen molar-refractivity contribution in [2.24, 2.45) is 0 Å². The largest absolute Gasteiger partial charge is 0.606 e. The van der Waals surface area contributed by atoms with Gasteiger partial charge in [-0.2, -0.15) is 0 Å². The van der Waals surface area contributed by atoms with Crippen molar-refractivity contribution in [2.45, 2.75) is 23.3 Å². The van der Waals surface area contributed by atoms with Crippen molar-refractivity contribution >= 4 is 38.6 Å². The highest BCUT2D eigenvalue weighted by atomic mass is 32.2. The Morgan fingerprint density at radius 3 is 2.72 bits per heavy atom. The summed E-state index contributed by atoms with van der Waals surface area (Å²) >= 11 is -0.314. The zero-order chi connectivity index (χ0) is 22.5. The second-order valence-corrected chi connectivity index (χ2v) is 9.21. The number of carbonyl (C=O) groups excluding carboxylic acids is 1. The summed E-state index contributed by atoms with van der Waals surface area (Å²) in [5, 5.41) is 0.754. The Balaban J connectivity index is 1.72. The standard InChI is InChI=1S/C24H21NO5S2/c1-3-29-24(26)22-23(32(27)19-8-4-6-17(13-19)28-2)20-10-9-16(12-21(20)31-22)15-30-18-7-5-11-25-14-18/h4-14H,3,15H2,1-2H3. The number of thiophene rings is 1. The van der Waals surface area contributed by atoms with E-state index in [0.29, 0.717) is 32.8 Å². The summed E-state index contributed by atoms with van der Waals surface area (Å²) < 4.78 is 30.7. The van der Waals surface area contributed by atoms with Gasteiger partial charge in [0.25, 0.3) is 0 Å². The lowest BCUT2D eigenvalue weighted by atomic mass is 10.2. The topological polar surface area (TPSA) is 80.7 Å². The van der Waals surface area contributed by atoms with Gasteiger partial charge in [0.15, 0.2) is 14.7 Å². The second kappa shape index (κ2) is 10.0. The maximum atomic E-state index is 13.5. The lowest BCUT2D eigenvalue weighted by Crippen LogP contribution is -2.10. The van der Waals surface area contributed by atoms with E-state index in [2.05, 4.69) is 4.98 Å². The first-order chi connectivity index (χ1) is 15.6. The van der Waals surface area contributed by atoms with E-state index in [-0.39, 0.29) is 6.61 Å². The molecule has 0 N–H and O–H groups in total. The van der Waals surface area contributed by atoms with Crippen molar-refractivity contribution in [3.8, 4) is 11.5 Å². The fourth-order valence-corrected chi connectivity index (χ4v) is 5.92. The van der Waals surface area contributed by atoms with E-state index in [9.17, 15) is 9.35 Å². The molecule has 0 aliphatic rings. The Hall–Kier alpha value is -3.07. The van der Waals surface area contributed by atoms with Crippen LogP contribution < -0.4 is 9.47 Å². The zero-order valence-electron chi connectivity index (χ0n) is 17.6. The molecule has 0 fully saturated rings. The Morgan fingerprint density at radius 2 is 1.97 bits per heavy atom. The highest BCUT2D eigenvalue weighted by Gasteiger charge is 2.30. The van der Waals surface area contributed by atoms with Gasteiger partial charge >= 0.3 is 5.97 Å². The molecule has 0 aliphatic heterocycles. The number of carbonyl (C=O) groups is 1. The maximum absolute atomic E-state index is 13.5. The molecule has 8 heteroatoms. The summed E-state index contributed by atoms with van der Waals surface area (Å²) in [4.78, 5) is 18.1. The van der Waals surface area contributed by atoms with Gasteiger partial charge in [-0.25, -0.2) is 4.79 Å². The van der Waals surface area contributed by atoms with E-state index in [0.717, 1.165) is 15.6 Å². The van der Waals surface area contributed by atoms with Crippen LogP contribution in [0.4, 0.5) is 0 Å². The summed E-state index contributed by atoms with van der Waals surface area (Å²) in [6.45, 7) is 2.34. The van der Waals surface area contributed by atoms with Crippen LogP contribution in [0.2, 0.25) is 0 Å². The normalized spacial score (nSPS) is 11.8. The summed E-state index contributed by atoms with van der Waals surface area (Å²) in [5.74, 6) is 0.793. The summed E-state index contributed by atoms with van der Waals surface area (Å²) in [5.41, 5.74) is 0.928. The minimum absolute atomic E-state index is 0.239. The molecule has 0 radical (unpaired) electrons. The number of esters is 1. The number of hydrogen-bond acceptors (Lipinski definition) is 7. The Labute approximate surface area is 193 Å². The van der Waals surface area contributed by atoms with Crippen molar-refractivity contribution in [2.75, 3.05) is 13.7 Å². The number of fused-ring (bicyclic) bond motifs is 1. The van der Waals surface area contributed by atoms with Crippen molar-refractivity contribution < 1.29 is 23.6 Å². The molecule has 1 unspecified atom stereocenters. The van der Waals surface area contributed by atoms with Gasteiger partial charge in [-0.1, -0.05) is 12.1 Å². The highest BCUT2D eigenvalue weighted by Crippen LogP contribution is 2.39. The Morgan fingerprint density at radius 1 is 1.12 bits per heavy atom. The third kappa shape index (κ3) is 4.72. The quantitative estimate of drug-likeness (QED) is 0.261. The molecule has 2 heterocycles.